The number of esters is 1. The summed E-state index contributed by atoms with van der Waals surface area (Å²) in [6.45, 7) is -0.262. The van der Waals surface area contributed by atoms with Crippen molar-refractivity contribution in [3.8, 4) is 0 Å². The first-order valence-electron chi connectivity index (χ1n) is 2.04. The van der Waals surface area contributed by atoms with E-state index >= 15 is 0 Å². The van der Waals surface area contributed by atoms with E-state index in [4.69, 9.17) is 0 Å². The molecule has 0 aliphatic heterocycles. The number of carbonyl (C=O) groups is 1. The summed E-state index contributed by atoms with van der Waals surface area (Å²) in [4.78, 5) is 9.78. The van der Waals surface area contributed by atoms with Gasteiger partial charge >= 0.3 is 5.97 Å². The lowest BCUT2D eigenvalue weighted by Crippen LogP contribution is -2.11. The molecule has 8 heavy (non-hydrogen) atoms. The molecule has 0 aliphatic rings. The third-order valence-electron chi connectivity index (χ3n) is 0.415. The number of hydrogen-bond acceptors (Lipinski definition) is 2. The van der Waals surface area contributed by atoms with Gasteiger partial charge in [-0.05, 0) is 0 Å². The van der Waals surface area contributed by atoms with Crippen molar-refractivity contribution in [1.82, 2.24) is 0 Å². The number of alkyl halides is 2. The number of rotatable bonds is 2. The second-order valence-corrected chi connectivity index (χ2v) is 1.17. The maximum atomic E-state index is 11.6. The average molecular weight is 124 g/mol. The Hall–Kier alpha value is -0.670. The largest absolute Gasteiger partial charge is 0.428 e. The third-order valence-corrected chi connectivity index (χ3v) is 0.415. The van der Waals surface area contributed by atoms with E-state index in [1.54, 1.807) is 0 Å². The Bertz CT molecular complexity index is 84.1. The van der Waals surface area contributed by atoms with E-state index in [2.05, 4.69) is 4.74 Å². The molecule has 0 aliphatic carbocycles. The Kier molecular flexibility index (Phi) is 3.07. The second-order valence-electron chi connectivity index (χ2n) is 1.17. The lowest BCUT2D eigenvalue weighted by Gasteiger charge is -2.00. The van der Waals surface area contributed by atoms with Gasteiger partial charge < -0.3 is 4.74 Å². The van der Waals surface area contributed by atoms with Crippen LogP contribution in [-0.2, 0) is 9.53 Å². The van der Waals surface area contributed by atoms with E-state index in [-0.39, 0.29) is 0 Å². The maximum Gasteiger partial charge on any atom is 0.305 e. The first-order valence-corrected chi connectivity index (χ1v) is 2.04. The molecule has 0 saturated carbocycles. The molecule has 4 heteroatoms. The van der Waals surface area contributed by atoms with Crippen molar-refractivity contribution in [2.45, 2.75) is 13.3 Å². The highest BCUT2D eigenvalue weighted by Crippen LogP contribution is 1.93. The highest BCUT2D eigenvalue weighted by atomic mass is 19.2. The van der Waals surface area contributed by atoms with E-state index in [1.165, 1.54) is 0 Å². The standard InChI is InChI=1S/C4H6F2O2/c1-3(7)8-4(6)2-5/h4H,2H2,1H3. The fraction of sp³-hybridized carbons (Fsp3) is 0.750. The van der Waals surface area contributed by atoms with E-state index in [0.717, 1.165) is 6.92 Å². The predicted molar refractivity (Wildman–Crippen MR) is 22.6 cm³/mol. The summed E-state index contributed by atoms with van der Waals surface area (Å²) in [6.07, 6.45) is -2.09. The van der Waals surface area contributed by atoms with Gasteiger partial charge in [0.1, 0.15) is 0 Å². The quantitative estimate of drug-likeness (QED) is 0.509. The number of halogens is 2. The maximum absolute atomic E-state index is 11.6. The molecule has 0 aromatic rings. The van der Waals surface area contributed by atoms with E-state index in [9.17, 15) is 13.6 Å². The Labute approximate surface area is 45.4 Å². The van der Waals surface area contributed by atoms with Crippen LogP contribution >= 0.6 is 0 Å². The van der Waals surface area contributed by atoms with Crippen molar-refractivity contribution in [1.29, 1.82) is 0 Å². The normalized spacial score (nSPS) is 12.9. The van der Waals surface area contributed by atoms with Crippen molar-refractivity contribution < 1.29 is 18.3 Å². The molecule has 0 bridgehead atoms. The van der Waals surface area contributed by atoms with Gasteiger partial charge in [0.25, 0.3) is 6.36 Å². The molecule has 0 rings (SSSR count). The van der Waals surface area contributed by atoms with Crippen LogP contribution in [0.1, 0.15) is 6.92 Å². The van der Waals surface area contributed by atoms with E-state index < -0.39 is 19.0 Å². The predicted octanol–water partition coefficient (Wildman–Crippen LogP) is 0.815. The van der Waals surface area contributed by atoms with Gasteiger partial charge in [-0.1, -0.05) is 0 Å². The van der Waals surface area contributed by atoms with Crippen LogP contribution in [-0.4, -0.2) is 19.0 Å². The van der Waals surface area contributed by atoms with Crippen LogP contribution in [0.3, 0.4) is 0 Å². The fourth-order valence-corrected chi connectivity index (χ4v) is 0.212. The van der Waals surface area contributed by atoms with Crippen LogP contribution in [0.15, 0.2) is 0 Å². The monoisotopic (exact) mass is 124 g/mol. The molecule has 1 unspecified atom stereocenters. The fourth-order valence-electron chi connectivity index (χ4n) is 0.212. The summed E-state index contributed by atoms with van der Waals surface area (Å²) < 4.78 is 26.4. The molecule has 0 amide bonds. The van der Waals surface area contributed by atoms with Crippen molar-refractivity contribution in [2.24, 2.45) is 0 Å². The van der Waals surface area contributed by atoms with Crippen LogP contribution in [0.4, 0.5) is 8.78 Å². The molecular weight excluding hydrogens is 118 g/mol. The summed E-state index contributed by atoms with van der Waals surface area (Å²) in [5.41, 5.74) is 0. The summed E-state index contributed by atoms with van der Waals surface area (Å²) >= 11 is 0. The molecule has 0 aromatic heterocycles. The SMILES string of the molecule is CC(=O)OC(F)CF. The second kappa shape index (κ2) is 3.35. The lowest BCUT2D eigenvalue weighted by molar-refractivity contribution is -0.156. The Morgan fingerprint density at radius 1 is 1.88 bits per heavy atom. The molecule has 0 spiro atoms. The first kappa shape index (κ1) is 7.33. The molecule has 0 aromatic carbocycles. The molecule has 0 N–H and O–H groups in total. The minimum absolute atomic E-state index is 0.810. The zero-order valence-corrected chi connectivity index (χ0v) is 4.36. The minimum Gasteiger partial charge on any atom is -0.428 e. The van der Waals surface area contributed by atoms with Gasteiger partial charge in [0.05, 0.1) is 0 Å². The van der Waals surface area contributed by atoms with Gasteiger partial charge in [-0.2, -0.15) is 4.39 Å². The smallest absolute Gasteiger partial charge is 0.305 e. The Morgan fingerprint density at radius 2 is 2.38 bits per heavy atom. The summed E-state index contributed by atoms with van der Waals surface area (Å²) in [5.74, 6) is -0.810. The Balaban J connectivity index is 3.24. The van der Waals surface area contributed by atoms with Gasteiger partial charge in [-0.25, -0.2) is 4.39 Å². The topological polar surface area (TPSA) is 26.3 Å². The highest BCUT2D eigenvalue weighted by Gasteiger charge is 2.06. The molecule has 0 fully saturated rings. The van der Waals surface area contributed by atoms with Crippen molar-refractivity contribution in [2.75, 3.05) is 6.67 Å². The zero-order valence-electron chi connectivity index (χ0n) is 4.36. The van der Waals surface area contributed by atoms with Crippen molar-refractivity contribution in [3.05, 3.63) is 0 Å². The third kappa shape index (κ3) is 3.52. The highest BCUT2D eigenvalue weighted by molar-refractivity contribution is 5.65. The Morgan fingerprint density at radius 3 is 2.50 bits per heavy atom. The van der Waals surface area contributed by atoms with Gasteiger partial charge in [0.15, 0.2) is 6.67 Å². The van der Waals surface area contributed by atoms with Gasteiger partial charge in [-0.15, -0.1) is 0 Å². The number of carbonyl (C=O) groups excluding carboxylic acids is 1. The molecule has 0 heterocycles. The van der Waals surface area contributed by atoms with Crippen molar-refractivity contribution >= 4 is 5.97 Å². The molecular formula is C4H6F2O2. The average Bonchev–Trinajstić information content (AvgIpc) is 1.65. The van der Waals surface area contributed by atoms with E-state index in [0.29, 0.717) is 0 Å². The number of hydrogen-bond donors (Lipinski definition) is 0. The van der Waals surface area contributed by atoms with Crippen LogP contribution in [0.25, 0.3) is 0 Å². The zero-order chi connectivity index (χ0) is 6.57. The van der Waals surface area contributed by atoms with Gasteiger partial charge in [0.2, 0.25) is 0 Å². The van der Waals surface area contributed by atoms with Crippen LogP contribution in [0, 0.1) is 0 Å². The van der Waals surface area contributed by atoms with Gasteiger partial charge in [0, 0.05) is 6.92 Å². The lowest BCUT2D eigenvalue weighted by atomic mass is 10.7. The summed E-state index contributed by atoms with van der Waals surface area (Å²) in [7, 11) is 0. The first-order chi connectivity index (χ1) is 3.66. The summed E-state index contributed by atoms with van der Waals surface area (Å²) in [5, 5.41) is 0. The van der Waals surface area contributed by atoms with Gasteiger partial charge in [-0.3, -0.25) is 4.79 Å². The summed E-state index contributed by atoms with van der Waals surface area (Å²) in [6, 6.07) is 0. The number of ether oxygens (including phenoxy) is 1. The minimum atomic E-state index is -2.09. The van der Waals surface area contributed by atoms with Crippen LogP contribution in [0.5, 0.6) is 0 Å². The molecule has 0 radical (unpaired) electrons. The molecule has 0 saturated heterocycles. The molecule has 48 valence electrons. The van der Waals surface area contributed by atoms with Crippen LogP contribution in [0.2, 0.25) is 0 Å². The van der Waals surface area contributed by atoms with Crippen LogP contribution < -0.4 is 0 Å². The van der Waals surface area contributed by atoms with Crippen molar-refractivity contribution in [3.63, 3.8) is 0 Å². The molecule has 2 nitrogen and oxygen atoms in total. The molecule has 1 atom stereocenters. The van der Waals surface area contributed by atoms with E-state index in [1.807, 2.05) is 0 Å².